The van der Waals surface area contributed by atoms with E-state index in [0.29, 0.717) is 17.5 Å². The Morgan fingerprint density at radius 3 is 2.50 bits per heavy atom. The largest absolute Gasteiger partial charge is 0.465 e. The van der Waals surface area contributed by atoms with Crippen molar-refractivity contribution in [2.45, 2.75) is 43.3 Å². The summed E-state index contributed by atoms with van der Waals surface area (Å²) in [4.78, 5) is 23.9. The van der Waals surface area contributed by atoms with Gasteiger partial charge in [-0.25, -0.2) is 4.79 Å². The third-order valence-electron chi connectivity index (χ3n) is 5.16. The average Bonchev–Trinajstić information content (AvgIpc) is 3.46. The molecular formula is C17H20N2O3. The molecule has 22 heavy (non-hydrogen) atoms. The van der Waals surface area contributed by atoms with Crippen molar-refractivity contribution >= 4 is 11.9 Å². The molecule has 1 aromatic carbocycles. The second-order valence-electron chi connectivity index (χ2n) is 6.70. The highest BCUT2D eigenvalue weighted by Crippen LogP contribution is 2.46. The SMILES string of the molecule is COC(=O)c1ccc(C2(NC(=O)[C@H]3C[C@H]4C[C@H]4N3)CC2)cc1. The van der Waals surface area contributed by atoms with E-state index in [0.717, 1.165) is 24.8 Å². The lowest BCUT2D eigenvalue weighted by Gasteiger charge is -2.21. The topological polar surface area (TPSA) is 67.4 Å². The molecule has 1 heterocycles. The van der Waals surface area contributed by atoms with Crippen LogP contribution in [0.2, 0.25) is 0 Å². The fourth-order valence-electron chi connectivity index (χ4n) is 3.50. The maximum atomic E-state index is 12.4. The first-order chi connectivity index (χ1) is 10.6. The highest BCUT2D eigenvalue weighted by atomic mass is 16.5. The van der Waals surface area contributed by atoms with Gasteiger partial charge in [0.25, 0.3) is 0 Å². The van der Waals surface area contributed by atoms with Crippen LogP contribution in [0.3, 0.4) is 0 Å². The van der Waals surface area contributed by atoms with Gasteiger partial charge in [0, 0.05) is 6.04 Å². The molecule has 3 fully saturated rings. The predicted octanol–water partition coefficient (Wildman–Crippen LogP) is 1.33. The number of esters is 1. The lowest BCUT2D eigenvalue weighted by atomic mass is 10.0. The Morgan fingerprint density at radius 2 is 1.95 bits per heavy atom. The van der Waals surface area contributed by atoms with E-state index in [1.807, 2.05) is 12.1 Å². The Hall–Kier alpha value is -1.88. The van der Waals surface area contributed by atoms with Crippen LogP contribution in [0.4, 0.5) is 0 Å². The van der Waals surface area contributed by atoms with Crippen LogP contribution >= 0.6 is 0 Å². The molecule has 0 spiro atoms. The summed E-state index contributed by atoms with van der Waals surface area (Å²) >= 11 is 0. The third kappa shape index (κ3) is 2.29. The van der Waals surface area contributed by atoms with Crippen molar-refractivity contribution in [3.63, 3.8) is 0 Å². The van der Waals surface area contributed by atoms with Gasteiger partial charge in [0.1, 0.15) is 0 Å². The number of amides is 1. The van der Waals surface area contributed by atoms with Crippen molar-refractivity contribution in [3.8, 4) is 0 Å². The number of methoxy groups -OCH3 is 1. The van der Waals surface area contributed by atoms with E-state index < -0.39 is 0 Å². The van der Waals surface area contributed by atoms with Gasteiger partial charge in [-0.2, -0.15) is 0 Å². The molecule has 1 amide bonds. The molecule has 5 heteroatoms. The molecule has 0 unspecified atom stereocenters. The van der Waals surface area contributed by atoms with Crippen molar-refractivity contribution < 1.29 is 14.3 Å². The number of hydrogen-bond acceptors (Lipinski definition) is 4. The molecule has 0 radical (unpaired) electrons. The average molecular weight is 300 g/mol. The molecule has 5 nitrogen and oxygen atoms in total. The van der Waals surface area contributed by atoms with Gasteiger partial charge >= 0.3 is 5.97 Å². The molecule has 3 atom stereocenters. The molecule has 0 aromatic heterocycles. The van der Waals surface area contributed by atoms with Crippen molar-refractivity contribution in [1.82, 2.24) is 10.6 Å². The number of carbonyl (C=O) groups is 2. The highest BCUT2D eigenvalue weighted by Gasteiger charge is 2.51. The minimum absolute atomic E-state index is 0.0319. The van der Waals surface area contributed by atoms with Gasteiger partial charge in [0.15, 0.2) is 0 Å². The molecule has 1 aliphatic heterocycles. The number of ether oxygens (including phenoxy) is 1. The quantitative estimate of drug-likeness (QED) is 0.823. The van der Waals surface area contributed by atoms with E-state index in [1.54, 1.807) is 12.1 Å². The Morgan fingerprint density at radius 1 is 1.23 bits per heavy atom. The monoisotopic (exact) mass is 300 g/mol. The molecule has 116 valence electrons. The van der Waals surface area contributed by atoms with E-state index in [9.17, 15) is 9.59 Å². The standard InChI is InChI=1S/C17H20N2O3/c1-22-16(21)10-2-4-12(5-3-10)17(6-7-17)19-15(20)14-9-11-8-13(11)18-14/h2-5,11,13-14,18H,6-9H2,1H3,(H,19,20)/t11-,13-,14-/m1/s1. The Balaban J connectivity index is 1.44. The van der Waals surface area contributed by atoms with E-state index >= 15 is 0 Å². The number of benzene rings is 1. The molecule has 3 aliphatic rings. The maximum absolute atomic E-state index is 12.4. The van der Waals surface area contributed by atoms with Crippen molar-refractivity contribution in [2.24, 2.45) is 5.92 Å². The van der Waals surface area contributed by atoms with Crippen LogP contribution in [0.25, 0.3) is 0 Å². The Labute approximate surface area is 129 Å². The van der Waals surface area contributed by atoms with E-state index in [1.165, 1.54) is 13.5 Å². The fourth-order valence-corrected chi connectivity index (χ4v) is 3.50. The minimum Gasteiger partial charge on any atom is -0.465 e. The number of rotatable bonds is 4. The Bertz CT molecular complexity index is 611. The van der Waals surface area contributed by atoms with Crippen LogP contribution in [0, 0.1) is 5.92 Å². The van der Waals surface area contributed by atoms with Gasteiger partial charge in [-0.05, 0) is 49.3 Å². The summed E-state index contributed by atoms with van der Waals surface area (Å²) in [5, 5.41) is 6.60. The lowest BCUT2D eigenvalue weighted by molar-refractivity contribution is -0.124. The van der Waals surface area contributed by atoms with Crippen LogP contribution < -0.4 is 10.6 Å². The number of hydrogen-bond donors (Lipinski definition) is 2. The van der Waals surface area contributed by atoms with Crippen molar-refractivity contribution in [3.05, 3.63) is 35.4 Å². The van der Waals surface area contributed by atoms with Gasteiger partial charge in [0.05, 0.1) is 24.3 Å². The summed E-state index contributed by atoms with van der Waals surface area (Å²) in [7, 11) is 1.37. The van der Waals surface area contributed by atoms with E-state index in [-0.39, 0.29) is 23.5 Å². The summed E-state index contributed by atoms with van der Waals surface area (Å²) in [6, 6.07) is 7.89. The zero-order chi connectivity index (χ0) is 15.3. The molecule has 2 saturated carbocycles. The van der Waals surface area contributed by atoms with Gasteiger partial charge in [-0.15, -0.1) is 0 Å². The fraction of sp³-hybridized carbons (Fsp3) is 0.529. The second-order valence-corrected chi connectivity index (χ2v) is 6.70. The number of nitrogens with one attached hydrogen (secondary N) is 2. The first-order valence-corrected chi connectivity index (χ1v) is 7.88. The minimum atomic E-state index is -0.338. The van der Waals surface area contributed by atoms with E-state index in [4.69, 9.17) is 4.74 Å². The zero-order valence-corrected chi connectivity index (χ0v) is 12.6. The Kier molecular flexibility index (Phi) is 3.01. The number of fused-ring (bicyclic) bond motifs is 1. The van der Waals surface area contributed by atoms with Crippen LogP contribution in [-0.4, -0.2) is 31.1 Å². The normalized spacial score (nSPS) is 30.3. The van der Waals surface area contributed by atoms with Crippen LogP contribution in [-0.2, 0) is 15.1 Å². The van der Waals surface area contributed by atoms with Gasteiger partial charge in [-0.3, -0.25) is 4.79 Å². The molecule has 1 aromatic rings. The molecule has 2 aliphatic carbocycles. The summed E-state index contributed by atoms with van der Waals surface area (Å²) < 4.78 is 4.71. The summed E-state index contributed by atoms with van der Waals surface area (Å²) in [5.41, 5.74) is 1.36. The zero-order valence-electron chi connectivity index (χ0n) is 12.6. The van der Waals surface area contributed by atoms with Gasteiger partial charge in [-0.1, -0.05) is 12.1 Å². The first kappa shape index (κ1) is 13.8. The highest BCUT2D eigenvalue weighted by molar-refractivity contribution is 5.89. The summed E-state index contributed by atoms with van der Waals surface area (Å²) in [6.07, 6.45) is 4.10. The summed E-state index contributed by atoms with van der Waals surface area (Å²) in [5.74, 6) is 0.488. The van der Waals surface area contributed by atoms with E-state index in [2.05, 4.69) is 10.6 Å². The molecule has 2 N–H and O–H groups in total. The smallest absolute Gasteiger partial charge is 0.337 e. The predicted molar refractivity (Wildman–Crippen MR) is 80.3 cm³/mol. The van der Waals surface area contributed by atoms with Gasteiger partial charge < -0.3 is 15.4 Å². The van der Waals surface area contributed by atoms with Crippen molar-refractivity contribution in [1.29, 1.82) is 0 Å². The third-order valence-corrected chi connectivity index (χ3v) is 5.16. The van der Waals surface area contributed by atoms with Crippen LogP contribution in [0.15, 0.2) is 24.3 Å². The molecule has 0 bridgehead atoms. The van der Waals surface area contributed by atoms with Crippen molar-refractivity contribution in [2.75, 3.05) is 7.11 Å². The summed E-state index contributed by atoms with van der Waals surface area (Å²) in [6.45, 7) is 0. The number of carbonyl (C=O) groups excluding carboxylic acids is 2. The number of piperidine rings is 1. The second kappa shape index (κ2) is 4.81. The molecular weight excluding hydrogens is 280 g/mol. The molecule has 1 saturated heterocycles. The lowest BCUT2D eigenvalue weighted by Crippen LogP contribution is -2.46. The van der Waals surface area contributed by atoms with Crippen LogP contribution in [0.1, 0.15) is 41.6 Å². The van der Waals surface area contributed by atoms with Gasteiger partial charge in [0.2, 0.25) is 5.91 Å². The molecule has 4 rings (SSSR count). The maximum Gasteiger partial charge on any atom is 0.337 e. The van der Waals surface area contributed by atoms with Crippen LogP contribution in [0.5, 0.6) is 0 Å². The first-order valence-electron chi connectivity index (χ1n) is 7.88.